The molecule has 0 bridgehead atoms. The predicted molar refractivity (Wildman–Crippen MR) is 115 cm³/mol. The van der Waals surface area contributed by atoms with Crippen LogP contribution in [0.5, 0.6) is 0 Å². The number of rotatable bonds is 5. The molecule has 2 aromatic rings. The van der Waals surface area contributed by atoms with Crippen LogP contribution in [0.2, 0.25) is 0 Å². The molecule has 27 heavy (non-hydrogen) atoms. The number of benzene rings is 1. The lowest BCUT2D eigenvalue weighted by Crippen LogP contribution is -2.53. The maximum Gasteiger partial charge on any atom is 0.0397 e. The largest absolute Gasteiger partial charge is 0.369 e. The molecule has 0 amide bonds. The molecule has 2 aliphatic heterocycles. The van der Waals surface area contributed by atoms with E-state index in [1.54, 1.807) is 0 Å². The van der Waals surface area contributed by atoms with Crippen molar-refractivity contribution in [2.24, 2.45) is 0 Å². The number of pyridine rings is 1. The second-order valence-electron chi connectivity index (χ2n) is 7.54. The van der Waals surface area contributed by atoms with E-state index in [9.17, 15) is 0 Å². The van der Waals surface area contributed by atoms with Crippen LogP contribution in [0, 0.1) is 0 Å². The molecule has 1 aromatic heterocycles. The summed E-state index contributed by atoms with van der Waals surface area (Å²) in [6.45, 7) is 8.36. The van der Waals surface area contributed by atoms with E-state index in [4.69, 9.17) is 0 Å². The van der Waals surface area contributed by atoms with E-state index in [-0.39, 0.29) is 12.4 Å². The topological polar surface area (TPSA) is 22.6 Å². The van der Waals surface area contributed by atoms with Crippen molar-refractivity contribution in [1.29, 1.82) is 0 Å². The zero-order valence-corrected chi connectivity index (χ0v) is 16.9. The Hall–Kier alpha value is -1.62. The third-order valence-corrected chi connectivity index (χ3v) is 5.98. The van der Waals surface area contributed by atoms with E-state index in [2.05, 4.69) is 62.1 Å². The molecule has 0 spiro atoms. The molecule has 0 radical (unpaired) electrons. The minimum atomic E-state index is 0. The number of hydrogen-bond acceptors (Lipinski definition) is 4. The van der Waals surface area contributed by atoms with Crippen molar-refractivity contribution >= 4 is 18.1 Å². The summed E-state index contributed by atoms with van der Waals surface area (Å²) in [4.78, 5) is 12.0. The zero-order valence-electron chi connectivity index (χ0n) is 16.0. The van der Waals surface area contributed by atoms with Gasteiger partial charge in [-0.1, -0.05) is 30.3 Å². The van der Waals surface area contributed by atoms with Crippen LogP contribution >= 0.6 is 12.4 Å². The molecule has 1 aromatic carbocycles. The van der Waals surface area contributed by atoms with Crippen molar-refractivity contribution in [3.63, 3.8) is 0 Å². The van der Waals surface area contributed by atoms with E-state index in [0.29, 0.717) is 0 Å². The van der Waals surface area contributed by atoms with Gasteiger partial charge in [0.05, 0.1) is 0 Å². The fraction of sp³-hybridized carbons (Fsp3) is 0.500. The molecule has 0 saturated carbocycles. The second-order valence-corrected chi connectivity index (χ2v) is 7.54. The van der Waals surface area contributed by atoms with Crippen LogP contribution in [-0.2, 0) is 6.42 Å². The Bertz CT molecular complexity index is 651. The van der Waals surface area contributed by atoms with Gasteiger partial charge in [-0.05, 0) is 50.0 Å². The van der Waals surface area contributed by atoms with Crippen LogP contribution < -0.4 is 4.90 Å². The number of halogens is 1. The Kier molecular flexibility index (Phi) is 7.50. The molecule has 2 fully saturated rings. The van der Waals surface area contributed by atoms with Crippen LogP contribution in [0.4, 0.5) is 5.69 Å². The summed E-state index contributed by atoms with van der Waals surface area (Å²) in [6.07, 6.45) is 7.62. The normalized spacial score (nSPS) is 19.6. The summed E-state index contributed by atoms with van der Waals surface area (Å²) in [5.41, 5.74) is 2.78. The lowest BCUT2D eigenvalue weighted by molar-refractivity contribution is 0.104. The Morgan fingerprint density at radius 3 is 2.15 bits per heavy atom. The first-order valence-corrected chi connectivity index (χ1v) is 10.0. The van der Waals surface area contributed by atoms with Gasteiger partial charge in [-0.25, -0.2) is 0 Å². The number of likely N-dealkylation sites (tertiary alicyclic amines) is 1. The molecule has 146 valence electrons. The van der Waals surface area contributed by atoms with Gasteiger partial charge in [0.1, 0.15) is 0 Å². The average Bonchev–Trinajstić information content (AvgIpc) is 2.74. The van der Waals surface area contributed by atoms with Crippen molar-refractivity contribution in [3.05, 3.63) is 60.4 Å². The highest BCUT2D eigenvalue weighted by atomic mass is 35.5. The van der Waals surface area contributed by atoms with Crippen molar-refractivity contribution in [2.75, 3.05) is 50.7 Å². The molecule has 2 saturated heterocycles. The standard InChI is InChI=1S/C22H30N4.ClH/c1-2-4-20(5-3-1)8-13-24-14-9-22(10-15-24)26-18-16-25(17-19-26)21-6-11-23-12-7-21;/h1-7,11-12,22H,8-10,13-19H2;1H. The van der Waals surface area contributed by atoms with Crippen LogP contribution in [0.3, 0.4) is 0 Å². The molecule has 4 nitrogen and oxygen atoms in total. The van der Waals surface area contributed by atoms with Crippen molar-refractivity contribution < 1.29 is 0 Å². The smallest absolute Gasteiger partial charge is 0.0397 e. The van der Waals surface area contributed by atoms with Crippen molar-refractivity contribution in [3.8, 4) is 0 Å². The van der Waals surface area contributed by atoms with Crippen LogP contribution in [0.1, 0.15) is 18.4 Å². The number of hydrogen-bond donors (Lipinski definition) is 0. The summed E-state index contributed by atoms with van der Waals surface area (Å²) in [5.74, 6) is 0. The van der Waals surface area contributed by atoms with Gasteiger partial charge in [0.15, 0.2) is 0 Å². The maximum absolute atomic E-state index is 4.13. The molecule has 0 aliphatic carbocycles. The highest BCUT2D eigenvalue weighted by Gasteiger charge is 2.27. The highest BCUT2D eigenvalue weighted by molar-refractivity contribution is 5.85. The predicted octanol–water partition coefficient (Wildman–Crippen LogP) is 3.33. The van der Waals surface area contributed by atoms with Gasteiger partial charge < -0.3 is 9.80 Å². The Labute approximate surface area is 169 Å². The lowest BCUT2D eigenvalue weighted by atomic mass is 10.0. The van der Waals surface area contributed by atoms with E-state index >= 15 is 0 Å². The first-order valence-electron chi connectivity index (χ1n) is 10.0. The molecular formula is C22H31ClN4. The Morgan fingerprint density at radius 2 is 1.48 bits per heavy atom. The SMILES string of the molecule is Cl.c1ccc(CCN2CCC(N3CCN(c4ccncc4)CC3)CC2)cc1. The van der Waals surface area contributed by atoms with Gasteiger partial charge in [0.25, 0.3) is 0 Å². The molecule has 2 aliphatic rings. The van der Waals surface area contributed by atoms with E-state index < -0.39 is 0 Å². The third-order valence-electron chi connectivity index (χ3n) is 5.98. The molecule has 3 heterocycles. The van der Waals surface area contributed by atoms with Crippen LogP contribution in [0.15, 0.2) is 54.9 Å². The monoisotopic (exact) mass is 386 g/mol. The molecule has 0 atom stereocenters. The number of aromatic nitrogens is 1. The molecule has 5 heteroatoms. The van der Waals surface area contributed by atoms with Crippen molar-refractivity contribution in [2.45, 2.75) is 25.3 Å². The number of nitrogens with zero attached hydrogens (tertiary/aromatic N) is 4. The molecule has 4 rings (SSSR count). The van der Waals surface area contributed by atoms with E-state index in [0.717, 1.165) is 19.1 Å². The van der Waals surface area contributed by atoms with Crippen molar-refractivity contribution in [1.82, 2.24) is 14.8 Å². The van der Waals surface area contributed by atoms with E-state index in [1.807, 2.05) is 12.4 Å². The van der Waals surface area contributed by atoms with Gasteiger partial charge in [-0.3, -0.25) is 9.88 Å². The zero-order chi connectivity index (χ0) is 17.6. The van der Waals surface area contributed by atoms with Gasteiger partial charge in [0.2, 0.25) is 0 Å². The minimum Gasteiger partial charge on any atom is -0.369 e. The quantitative estimate of drug-likeness (QED) is 0.786. The van der Waals surface area contributed by atoms with Gasteiger partial charge in [0, 0.05) is 56.8 Å². The average molecular weight is 387 g/mol. The van der Waals surface area contributed by atoms with Gasteiger partial charge in [-0.2, -0.15) is 0 Å². The first-order chi connectivity index (χ1) is 12.9. The number of anilines is 1. The molecule has 0 N–H and O–H groups in total. The van der Waals surface area contributed by atoms with Crippen LogP contribution in [-0.4, -0.2) is 66.6 Å². The second kappa shape index (κ2) is 10.1. The maximum atomic E-state index is 4.13. The van der Waals surface area contributed by atoms with E-state index in [1.165, 1.54) is 63.2 Å². The third kappa shape index (κ3) is 5.44. The summed E-state index contributed by atoms with van der Waals surface area (Å²) < 4.78 is 0. The first kappa shape index (κ1) is 20.1. The Morgan fingerprint density at radius 1 is 0.815 bits per heavy atom. The lowest BCUT2D eigenvalue weighted by Gasteiger charge is -2.43. The molecule has 0 unspecified atom stereocenters. The number of piperazine rings is 1. The minimum absolute atomic E-state index is 0. The van der Waals surface area contributed by atoms with Gasteiger partial charge in [-0.15, -0.1) is 12.4 Å². The summed E-state index contributed by atoms with van der Waals surface area (Å²) in [7, 11) is 0. The number of piperidine rings is 1. The summed E-state index contributed by atoms with van der Waals surface area (Å²) in [5, 5.41) is 0. The highest BCUT2D eigenvalue weighted by Crippen LogP contribution is 2.21. The molecular weight excluding hydrogens is 356 g/mol. The fourth-order valence-corrected chi connectivity index (χ4v) is 4.34. The summed E-state index contributed by atoms with van der Waals surface area (Å²) in [6, 6.07) is 15.9. The Balaban J connectivity index is 0.00000210. The summed E-state index contributed by atoms with van der Waals surface area (Å²) >= 11 is 0. The van der Waals surface area contributed by atoms with Crippen LogP contribution in [0.25, 0.3) is 0 Å². The van der Waals surface area contributed by atoms with Gasteiger partial charge >= 0.3 is 0 Å². The fourth-order valence-electron chi connectivity index (χ4n) is 4.34.